The second-order valence-electron chi connectivity index (χ2n) is 2.91. The Kier molecular flexibility index (Phi) is 2.93. The van der Waals surface area contributed by atoms with Crippen molar-refractivity contribution in [1.29, 1.82) is 0 Å². The normalized spacial score (nSPS) is 18.3. The lowest BCUT2D eigenvalue weighted by atomic mass is 10.2. The molecule has 1 N–H and O–H groups in total. The number of carbonyl (C=O) groups excluding carboxylic acids is 2. The first kappa shape index (κ1) is 10.4. The maximum Gasteiger partial charge on any atom is 0.291 e. The molecule has 1 saturated heterocycles. The van der Waals surface area contributed by atoms with Gasteiger partial charge in [0, 0.05) is 16.2 Å². The molecule has 0 unspecified atom stereocenters. The molecule has 76 valence electrons. The second-order valence-corrected chi connectivity index (χ2v) is 4.77. The fourth-order valence-corrected chi connectivity index (χ4v) is 1.96. The van der Waals surface area contributed by atoms with Gasteiger partial charge < -0.3 is 5.32 Å². The minimum absolute atomic E-state index is 0.233. The standard InChI is InChI=1S/C10H6BrNO2S/c11-7-3-1-6(2-4-7)5-8-9(13)15-10(14)12-8/h1-5H,(H,12,14). The van der Waals surface area contributed by atoms with Crippen molar-refractivity contribution in [1.82, 2.24) is 5.32 Å². The summed E-state index contributed by atoms with van der Waals surface area (Å²) < 4.78 is 0.973. The summed E-state index contributed by atoms with van der Waals surface area (Å²) in [6.07, 6.45) is 1.66. The van der Waals surface area contributed by atoms with E-state index in [0.717, 1.165) is 10.0 Å². The Morgan fingerprint density at radius 2 is 1.87 bits per heavy atom. The van der Waals surface area contributed by atoms with Crippen molar-refractivity contribution in [2.45, 2.75) is 0 Å². The molecule has 1 aliphatic heterocycles. The summed E-state index contributed by atoms with van der Waals surface area (Å²) in [7, 11) is 0. The molecular weight excluding hydrogens is 278 g/mol. The highest BCUT2D eigenvalue weighted by Gasteiger charge is 2.24. The summed E-state index contributed by atoms with van der Waals surface area (Å²) in [6.45, 7) is 0. The molecule has 1 aromatic carbocycles. The van der Waals surface area contributed by atoms with Crippen LogP contribution in [0.2, 0.25) is 0 Å². The summed E-state index contributed by atoms with van der Waals surface area (Å²) in [5.74, 6) is 0. The number of nitrogens with one attached hydrogen (secondary N) is 1. The Morgan fingerprint density at radius 1 is 1.20 bits per heavy atom. The zero-order valence-corrected chi connectivity index (χ0v) is 9.89. The van der Waals surface area contributed by atoms with E-state index >= 15 is 0 Å². The van der Waals surface area contributed by atoms with Crippen LogP contribution in [0, 0.1) is 0 Å². The number of thioether (sulfide) groups is 1. The molecule has 1 aromatic rings. The van der Waals surface area contributed by atoms with Crippen LogP contribution in [0.4, 0.5) is 4.79 Å². The summed E-state index contributed by atoms with van der Waals surface area (Å²) in [4.78, 5) is 22.1. The molecule has 5 heteroatoms. The van der Waals surface area contributed by atoms with Crippen LogP contribution in [0.3, 0.4) is 0 Å². The highest BCUT2D eigenvalue weighted by Crippen LogP contribution is 2.21. The molecule has 0 aromatic heterocycles. The van der Waals surface area contributed by atoms with Gasteiger partial charge in [0.15, 0.2) is 0 Å². The zero-order chi connectivity index (χ0) is 10.8. The maximum absolute atomic E-state index is 11.3. The highest BCUT2D eigenvalue weighted by molar-refractivity contribution is 9.10. The van der Waals surface area contributed by atoms with Gasteiger partial charge in [-0.3, -0.25) is 9.59 Å². The molecule has 3 nitrogen and oxygen atoms in total. The molecule has 15 heavy (non-hydrogen) atoms. The molecule has 0 bridgehead atoms. The number of hydrogen-bond donors (Lipinski definition) is 1. The number of rotatable bonds is 1. The molecular formula is C10H6BrNO2S. The van der Waals surface area contributed by atoms with Crippen LogP contribution in [0.5, 0.6) is 0 Å². The molecule has 0 atom stereocenters. The van der Waals surface area contributed by atoms with Crippen molar-refractivity contribution in [2.24, 2.45) is 0 Å². The van der Waals surface area contributed by atoms with Gasteiger partial charge in [0.05, 0.1) is 5.70 Å². The van der Waals surface area contributed by atoms with E-state index in [1.807, 2.05) is 24.3 Å². The largest absolute Gasteiger partial charge is 0.313 e. The van der Waals surface area contributed by atoms with Gasteiger partial charge in [0.1, 0.15) is 0 Å². The minimum atomic E-state index is -0.316. The monoisotopic (exact) mass is 283 g/mol. The fraction of sp³-hybridized carbons (Fsp3) is 0. The molecule has 0 radical (unpaired) electrons. The van der Waals surface area contributed by atoms with Gasteiger partial charge >= 0.3 is 0 Å². The molecule has 2 rings (SSSR count). The van der Waals surface area contributed by atoms with E-state index in [0.29, 0.717) is 17.5 Å². The summed E-state index contributed by atoms with van der Waals surface area (Å²) in [6, 6.07) is 7.47. The molecule has 1 fully saturated rings. The number of benzene rings is 1. The van der Waals surface area contributed by atoms with E-state index in [2.05, 4.69) is 21.2 Å². The minimum Gasteiger partial charge on any atom is -0.313 e. The van der Waals surface area contributed by atoms with Gasteiger partial charge in [-0.1, -0.05) is 28.1 Å². The van der Waals surface area contributed by atoms with Crippen molar-refractivity contribution in [3.05, 3.63) is 40.0 Å². The van der Waals surface area contributed by atoms with Gasteiger partial charge in [-0.05, 0) is 23.8 Å². The Bertz CT molecular complexity index is 453. The topological polar surface area (TPSA) is 46.2 Å². The second kappa shape index (κ2) is 4.20. The summed E-state index contributed by atoms with van der Waals surface area (Å²) in [5, 5.41) is 1.94. The van der Waals surface area contributed by atoms with E-state index < -0.39 is 0 Å². The van der Waals surface area contributed by atoms with Crippen molar-refractivity contribution in [2.75, 3.05) is 0 Å². The van der Waals surface area contributed by atoms with Crippen LogP contribution in [0.25, 0.3) is 6.08 Å². The SMILES string of the molecule is O=C1NC(=Cc2ccc(Br)cc2)C(=O)S1. The van der Waals surface area contributed by atoms with Crippen LogP contribution in [-0.4, -0.2) is 10.4 Å². The average Bonchev–Trinajstić information content (AvgIpc) is 2.49. The van der Waals surface area contributed by atoms with E-state index in [4.69, 9.17) is 0 Å². The van der Waals surface area contributed by atoms with Crippen molar-refractivity contribution in [3.8, 4) is 0 Å². The molecule has 0 spiro atoms. The molecule has 1 aliphatic rings. The van der Waals surface area contributed by atoms with Gasteiger partial charge in [-0.15, -0.1) is 0 Å². The van der Waals surface area contributed by atoms with Gasteiger partial charge in [-0.2, -0.15) is 0 Å². The van der Waals surface area contributed by atoms with Crippen LogP contribution < -0.4 is 5.32 Å². The number of amides is 1. The average molecular weight is 284 g/mol. The fourth-order valence-electron chi connectivity index (χ4n) is 1.15. The quantitative estimate of drug-likeness (QED) is 0.807. The third kappa shape index (κ3) is 2.49. The van der Waals surface area contributed by atoms with Gasteiger partial charge in [-0.25, -0.2) is 0 Å². The zero-order valence-electron chi connectivity index (χ0n) is 7.49. The maximum atomic E-state index is 11.3. The first-order chi connectivity index (χ1) is 7.15. The van der Waals surface area contributed by atoms with Crippen LogP contribution in [0.1, 0.15) is 5.56 Å². The Hall–Kier alpha value is -1.07. The molecule has 1 amide bonds. The Morgan fingerprint density at radius 3 is 2.40 bits per heavy atom. The Balaban J connectivity index is 2.27. The van der Waals surface area contributed by atoms with Gasteiger partial charge in [0.25, 0.3) is 5.24 Å². The lowest BCUT2D eigenvalue weighted by molar-refractivity contribution is -0.107. The van der Waals surface area contributed by atoms with Crippen LogP contribution in [-0.2, 0) is 4.79 Å². The molecule has 1 heterocycles. The van der Waals surface area contributed by atoms with E-state index in [1.54, 1.807) is 6.08 Å². The third-order valence-electron chi connectivity index (χ3n) is 1.82. The first-order valence-electron chi connectivity index (χ1n) is 4.15. The lowest BCUT2D eigenvalue weighted by Gasteiger charge is -1.96. The lowest BCUT2D eigenvalue weighted by Crippen LogP contribution is -2.10. The summed E-state index contributed by atoms with van der Waals surface area (Å²) >= 11 is 4.00. The smallest absolute Gasteiger partial charge is 0.291 e. The predicted molar refractivity (Wildman–Crippen MR) is 63.2 cm³/mol. The van der Waals surface area contributed by atoms with Gasteiger partial charge in [0.2, 0.25) is 5.12 Å². The number of carbonyl (C=O) groups is 2. The van der Waals surface area contributed by atoms with Crippen molar-refractivity contribution in [3.63, 3.8) is 0 Å². The molecule has 0 saturated carbocycles. The Labute approximate surface area is 99.1 Å². The van der Waals surface area contributed by atoms with E-state index in [9.17, 15) is 9.59 Å². The van der Waals surface area contributed by atoms with E-state index in [-0.39, 0.29) is 10.4 Å². The van der Waals surface area contributed by atoms with E-state index in [1.165, 1.54) is 0 Å². The highest BCUT2D eigenvalue weighted by atomic mass is 79.9. The number of hydrogen-bond acceptors (Lipinski definition) is 3. The third-order valence-corrected chi connectivity index (χ3v) is 3.04. The first-order valence-corrected chi connectivity index (χ1v) is 5.76. The van der Waals surface area contributed by atoms with Crippen molar-refractivity contribution >= 4 is 44.1 Å². The van der Waals surface area contributed by atoms with Crippen LogP contribution >= 0.6 is 27.7 Å². The summed E-state index contributed by atoms with van der Waals surface area (Å²) in [5.41, 5.74) is 1.22. The van der Waals surface area contributed by atoms with Crippen LogP contribution in [0.15, 0.2) is 34.4 Å². The predicted octanol–water partition coefficient (Wildman–Crippen LogP) is 2.77. The van der Waals surface area contributed by atoms with Crippen molar-refractivity contribution < 1.29 is 9.59 Å². The molecule has 0 aliphatic carbocycles. The number of halogens is 1.